The average molecular weight is 533 g/mol. The van der Waals surface area contributed by atoms with E-state index < -0.39 is 10.0 Å². The minimum Gasteiger partial charge on any atom is -0.356 e. The van der Waals surface area contributed by atoms with Crippen molar-refractivity contribution in [3.63, 3.8) is 0 Å². The molecule has 2 aromatic carbocycles. The van der Waals surface area contributed by atoms with Crippen molar-refractivity contribution in [2.75, 3.05) is 30.4 Å². The molecule has 1 N–H and O–H groups in total. The van der Waals surface area contributed by atoms with Gasteiger partial charge in [-0.1, -0.05) is 6.07 Å². The molecule has 0 bridgehead atoms. The molecule has 0 atom stereocenters. The fourth-order valence-corrected chi connectivity index (χ4v) is 6.15. The summed E-state index contributed by atoms with van der Waals surface area (Å²) >= 11 is 0. The van der Waals surface area contributed by atoms with Crippen LogP contribution >= 0.6 is 0 Å². The van der Waals surface area contributed by atoms with Crippen LogP contribution in [-0.2, 0) is 10.0 Å². The van der Waals surface area contributed by atoms with E-state index in [4.69, 9.17) is 0 Å². The van der Waals surface area contributed by atoms with Gasteiger partial charge >= 0.3 is 0 Å². The molecule has 0 saturated carbocycles. The highest BCUT2D eigenvalue weighted by molar-refractivity contribution is 7.89. The Hall–Kier alpha value is -3.89. The largest absolute Gasteiger partial charge is 0.356 e. The second-order valence-electron chi connectivity index (χ2n) is 9.31. The summed E-state index contributed by atoms with van der Waals surface area (Å²) in [6, 6.07) is 18.6. The van der Waals surface area contributed by atoms with Gasteiger partial charge in [-0.25, -0.2) is 27.8 Å². The van der Waals surface area contributed by atoms with Crippen molar-refractivity contribution in [2.24, 2.45) is 0 Å². The first-order valence-corrected chi connectivity index (χ1v) is 13.9. The monoisotopic (exact) mass is 532 g/mol. The van der Waals surface area contributed by atoms with Gasteiger partial charge in [-0.3, -0.25) is 0 Å². The van der Waals surface area contributed by atoms with Gasteiger partial charge in [0.2, 0.25) is 16.0 Å². The van der Waals surface area contributed by atoms with E-state index in [1.54, 1.807) is 59.2 Å². The molecule has 0 radical (unpaired) electrons. The maximum Gasteiger partial charge on any atom is 0.243 e. The molecule has 1 saturated heterocycles. The smallest absolute Gasteiger partial charge is 0.243 e. The maximum absolute atomic E-state index is 13.3. The van der Waals surface area contributed by atoms with E-state index in [9.17, 15) is 12.8 Å². The molecule has 3 heterocycles. The maximum atomic E-state index is 13.3. The zero-order valence-corrected chi connectivity index (χ0v) is 22.1. The minimum absolute atomic E-state index is 0.229. The van der Waals surface area contributed by atoms with Gasteiger partial charge in [0, 0.05) is 49.8 Å². The van der Waals surface area contributed by atoms with Crippen molar-refractivity contribution in [1.82, 2.24) is 19.3 Å². The van der Waals surface area contributed by atoms with E-state index in [2.05, 4.69) is 25.2 Å². The van der Waals surface area contributed by atoms with Gasteiger partial charge < -0.3 is 10.2 Å². The van der Waals surface area contributed by atoms with Crippen molar-refractivity contribution in [3.05, 3.63) is 90.5 Å². The molecule has 0 amide bonds. The van der Waals surface area contributed by atoms with Crippen LogP contribution in [0.15, 0.2) is 84.0 Å². The van der Waals surface area contributed by atoms with Crippen molar-refractivity contribution in [2.45, 2.75) is 30.7 Å². The number of hydrogen-bond donors (Lipinski definition) is 1. The van der Waals surface area contributed by atoms with Crippen LogP contribution in [0.4, 0.5) is 21.8 Å². The molecule has 38 heavy (non-hydrogen) atoms. The number of pyridine rings is 1. The molecule has 0 unspecified atom stereocenters. The van der Waals surface area contributed by atoms with Crippen molar-refractivity contribution in [3.8, 4) is 11.3 Å². The lowest BCUT2D eigenvalue weighted by molar-refractivity contribution is 0.314. The number of benzene rings is 2. The zero-order valence-electron chi connectivity index (χ0n) is 21.3. The van der Waals surface area contributed by atoms with Crippen LogP contribution in [0.3, 0.4) is 0 Å². The fraction of sp³-hybridized carbons (Fsp3) is 0.250. The summed E-state index contributed by atoms with van der Waals surface area (Å²) in [7, 11) is -1.59. The fourth-order valence-electron chi connectivity index (χ4n) is 4.68. The molecular formula is C28H29FN6O2S. The van der Waals surface area contributed by atoms with Gasteiger partial charge in [0.1, 0.15) is 11.6 Å². The molecule has 2 aromatic heterocycles. The van der Waals surface area contributed by atoms with E-state index >= 15 is 0 Å². The Balaban J connectivity index is 1.23. The Morgan fingerprint density at radius 1 is 0.947 bits per heavy atom. The first-order chi connectivity index (χ1) is 18.3. The highest BCUT2D eigenvalue weighted by Crippen LogP contribution is 2.27. The Morgan fingerprint density at radius 3 is 2.34 bits per heavy atom. The molecule has 1 aliphatic rings. The van der Waals surface area contributed by atoms with Crippen molar-refractivity contribution < 1.29 is 12.8 Å². The highest BCUT2D eigenvalue weighted by atomic mass is 32.2. The lowest BCUT2D eigenvalue weighted by Gasteiger charge is -2.37. The van der Waals surface area contributed by atoms with Crippen LogP contribution in [-0.4, -0.2) is 53.9 Å². The lowest BCUT2D eigenvalue weighted by Crippen LogP contribution is -2.46. The van der Waals surface area contributed by atoms with Crippen LogP contribution < -0.4 is 10.2 Å². The first kappa shape index (κ1) is 25.7. The second-order valence-corrected chi connectivity index (χ2v) is 11.2. The molecule has 0 spiro atoms. The molecular weight excluding hydrogens is 503 g/mol. The van der Waals surface area contributed by atoms with Crippen molar-refractivity contribution >= 4 is 27.5 Å². The number of halogens is 1. The Bertz CT molecular complexity index is 1510. The molecule has 1 fully saturated rings. The SMILES string of the molecule is Cc1cccnc1N(C)C1CCN(S(=O)(=O)c2ccc(Nc3nccc(-c4ccc(F)cc4)n3)cc2)CC1. The van der Waals surface area contributed by atoms with Crippen LogP contribution in [0.2, 0.25) is 0 Å². The van der Waals surface area contributed by atoms with Crippen LogP contribution in [0.25, 0.3) is 11.3 Å². The van der Waals surface area contributed by atoms with E-state index in [1.807, 2.05) is 26.1 Å². The molecule has 1 aliphatic heterocycles. The quantitative estimate of drug-likeness (QED) is 0.357. The predicted molar refractivity (Wildman–Crippen MR) is 146 cm³/mol. The summed E-state index contributed by atoms with van der Waals surface area (Å²) in [5.74, 6) is 0.980. The number of rotatable bonds is 7. The number of anilines is 3. The molecule has 4 aromatic rings. The van der Waals surface area contributed by atoms with Gasteiger partial charge in [0.05, 0.1) is 10.6 Å². The number of aryl methyl sites for hydroxylation is 1. The molecule has 8 nitrogen and oxygen atoms in total. The summed E-state index contributed by atoms with van der Waals surface area (Å²) in [6.45, 7) is 2.94. The summed E-state index contributed by atoms with van der Waals surface area (Å²) in [5, 5.41) is 3.11. The number of sulfonamides is 1. The molecule has 196 valence electrons. The third-order valence-corrected chi connectivity index (χ3v) is 8.74. The Kier molecular flexibility index (Phi) is 7.35. The van der Waals surface area contributed by atoms with E-state index in [1.165, 1.54) is 12.1 Å². The molecule has 10 heteroatoms. The number of hydrogen-bond acceptors (Lipinski definition) is 7. The zero-order chi connectivity index (χ0) is 26.7. The second kappa shape index (κ2) is 10.8. The topological polar surface area (TPSA) is 91.3 Å². The number of aromatic nitrogens is 3. The van der Waals surface area contributed by atoms with Gasteiger partial charge in [-0.2, -0.15) is 4.31 Å². The van der Waals surface area contributed by atoms with E-state index in [-0.39, 0.29) is 16.8 Å². The van der Waals surface area contributed by atoms with Crippen LogP contribution in [0, 0.1) is 12.7 Å². The number of nitrogens with zero attached hydrogens (tertiary/aromatic N) is 5. The minimum atomic E-state index is -3.61. The average Bonchev–Trinajstić information content (AvgIpc) is 2.94. The Morgan fingerprint density at radius 2 is 1.66 bits per heavy atom. The van der Waals surface area contributed by atoms with E-state index in [0.717, 1.165) is 29.8 Å². The third-order valence-electron chi connectivity index (χ3n) is 6.83. The summed E-state index contributed by atoms with van der Waals surface area (Å²) < 4.78 is 41.4. The molecule has 5 rings (SSSR count). The number of piperidine rings is 1. The lowest BCUT2D eigenvalue weighted by atomic mass is 10.0. The van der Waals surface area contributed by atoms with Crippen molar-refractivity contribution in [1.29, 1.82) is 0 Å². The molecule has 0 aliphatic carbocycles. The summed E-state index contributed by atoms with van der Waals surface area (Å²) in [6.07, 6.45) is 4.86. The van der Waals surface area contributed by atoms with Gasteiger partial charge in [0.25, 0.3) is 0 Å². The predicted octanol–water partition coefficient (Wildman–Crippen LogP) is 5.02. The Labute approximate surface area is 222 Å². The standard InChI is InChI=1S/C28H29FN6O2S/c1-20-4-3-16-30-27(20)34(2)24-14-18-35(19-15-24)38(36,37)25-11-9-23(10-12-25)32-28-31-17-13-26(33-28)21-5-7-22(29)8-6-21/h3-13,16-17,24H,14-15,18-19H2,1-2H3,(H,31,32,33). The van der Waals surface area contributed by atoms with Crippen LogP contribution in [0.1, 0.15) is 18.4 Å². The summed E-state index contributed by atoms with van der Waals surface area (Å²) in [4.78, 5) is 15.6. The van der Waals surface area contributed by atoms with E-state index in [0.29, 0.717) is 30.4 Å². The number of nitrogens with one attached hydrogen (secondary N) is 1. The van der Waals surface area contributed by atoms with Gasteiger partial charge in [-0.05, 0) is 86.0 Å². The summed E-state index contributed by atoms with van der Waals surface area (Å²) in [5.41, 5.74) is 3.18. The first-order valence-electron chi connectivity index (χ1n) is 12.4. The third kappa shape index (κ3) is 5.51. The van der Waals surface area contributed by atoms with Gasteiger partial charge in [-0.15, -0.1) is 0 Å². The normalized spacial score (nSPS) is 14.8. The van der Waals surface area contributed by atoms with Gasteiger partial charge in [0.15, 0.2) is 0 Å². The van der Waals surface area contributed by atoms with Crippen LogP contribution in [0.5, 0.6) is 0 Å². The highest BCUT2D eigenvalue weighted by Gasteiger charge is 2.31.